The second-order valence-electron chi connectivity index (χ2n) is 5.73. The Morgan fingerprint density at radius 3 is 3.00 bits per heavy atom. The zero-order chi connectivity index (χ0) is 13.7. The largest absolute Gasteiger partial charge is 0.481 e. The summed E-state index contributed by atoms with van der Waals surface area (Å²) in [4.78, 5) is 18.3. The Kier molecular flexibility index (Phi) is 2.79. The lowest BCUT2D eigenvalue weighted by Crippen LogP contribution is -2.32. The van der Waals surface area contributed by atoms with Crippen LogP contribution in [0.5, 0.6) is 0 Å². The molecule has 1 aromatic carbocycles. The summed E-state index contributed by atoms with van der Waals surface area (Å²) in [5.74, 6) is -0.811. The monoisotopic (exact) mass is 288 g/mol. The minimum atomic E-state index is -0.633. The van der Waals surface area contributed by atoms with Crippen molar-refractivity contribution in [1.29, 1.82) is 0 Å². The van der Waals surface area contributed by atoms with E-state index in [0.29, 0.717) is 6.04 Å². The molecule has 0 aliphatic carbocycles. The third-order valence-electron chi connectivity index (χ3n) is 4.65. The molecule has 2 aromatic rings. The molecule has 0 amide bonds. The summed E-state index contributed by atoms with van der Waals surface area (Å²) in [6.45, 7) is 0.804. The van der Waals surface area contributed by atoms with E-state index >= 15 is 0 Å². The van der Waals surface area contributed by atoms with Crippen LogP contribution in [0.15, 0.2) is 24.3 Å². The highest BCUT2D eigenvalue weighted by atomic mass is 32.1. The number of hydrogen-bond acceptors (Lipinski definition) is 4. The van der Waals surface area contributed by atoms with Crippen LogP contribution in [0.3, 0.4) is 0 Å². The van der Waals surface area contributed by atoms with E-state index in [1.54, 1.807) is 11.3 Å². The molecule has 5 heteroatoms. The predicted octanol–water partition coefficient (Wildman–Crippen LogP) is 2.73. The van der Waals surface area contributed by atoms with Gasteiger partial charge in [-0.3, -0.25) is 9.69 Å². The summed E-state index contributed by atoms with van der Waals surface area (Å²) in [5, 5.41) is 10.4. The molecule has 0 saturated carbocycles. The Hall–Kier alpha value is -1.46. The number of para-hydroxylation sites is 1. The number of aliphatic carboxylic acids is 1. The van der Waals surface area contributed by atoms with Crippen molar-refractivity contribution in [3.8, 4) is 0 Å². The van der Waals surface area contributed by atoms with Crippen LogP contribution >= 0.6 is 11.3 Å². The molecule has 2 saturated heterocycles. The van der Waals surface area contributed by atoms with E-state index in [-0.39, 0.29) is 12.0 Å². The van der Waals surface area contributed by atoms with Gasteiger partial charge in [0, 0.05) is 12.1 Å². The highest BCUT2D eigenvalue weighted by Crippen LogP contribution is 2.43. The van der Waals surface area contributed by atoms with Gasteiger partial charge in [-0.25, -0.2) is 4.98 Å². The summed E-state index contributed by atoms with van der Waals surface area (Å²) in [6.07, 6.45) is 2.97. The van der Waals surface area contributed by atoms with Gasteiger partial charge in [-0.05, 0) is 31.4 Å². The SMILES string of the molecule is O=C(O)C1CC2CCC1N2Cc1nc2ccccc2s1. The minimum Gasteiger partial charge on any atom is -0.481 e. The fraction of sp³-hybridized carbons (Fsp3) is 0.467. The van der Waals surface area contributed by atoms with Crippen LogP contribution in [-0.4, -0.2) is 33.0 Å². The van der Waals surface area contributed by atoms with Crippen molar-refractivity contribution in [3.05, 3.63) is 29.3 Å². The average molecular weight is 288 g/mol. The predicted molar refractivity (Wildman–Crippen MR) is 77.7 cm³/mol. The fourth-order valence-corrected chi connectivity index (χ4v) is 4.73. The molecule has 2 fully saturated rings. The molecule has 2 aliphatic rings. The maximum absolute atomic E-state index is 11.3. The number of hydrogen-bond donors (Lipinski definition) is 1. The van der Waals surface area contributed by atoms with Gasteiger partial charge in [0.1, 0.15) is 5.01 Å². The number of rotatable bonds is 3. The first-order valence-corrected chi connectivity index (χ1v) is 7.87. The number of nitrogens with zero attached hydrogens (tertiary/aromatic N) is 2. The van der Waals surface area contributed by atoms with Crippen molar-refractivity contribution in [2.24, 2.45) is 5.92 Å². The van der Waals surface area contributed by atoms with Crippen LogP contribution in [0, 0.1) is 5.92 Å². The molecule has 2 aliphatic heterocycles. The summed E-state index contributed by atoms with van der Waals surface area (Å²) in [7, 11) is 0. The zero-order valence-electron chi connectivity index (χ0n) is 11.0. The van der Waals surface area contributed by atoms with Crippen LogP contribution in [0.4, 0.5) is 0 Å². The van der Waals surface area contributed by atoms with Crippen molar-refractivity contribution >= 4 is 27.5 Å². The molecule has 4 rings (SSSR count). The first-order chi connectivity index (χ1) is 9.72. The second kappa shape index (κ2) is 4.53. The topological polar surface area (TPSA) is 53.4 Å². The average Bonchev–Trinajstić information content (AvgIpc) is 3.11. The summed E-state index contributed by atoms with van der Waals surface area (Å²) in [5.41, 5.74) is 1.05. The Morgan fingerprint density at radius 2 is 2.25 bits per heavy atom. The second-order valence-corrected chi connectivity index (χ2v) is 6.84. The van der Waals surface area contributed by atoms with E-state index in [1.807, 2.05) is 18.2 Å². The molecule has 1 N–H and O–H groups in total. The first-order valence-electron chi connectivity index (χ1n) is 7.05. The maximum atomic E-state index is 11.3. The molecule has 3 unspecified atom stereocenters. The van der Waals surface area contributed by atoms with Crippen LogP contribution in [0.2, 0.25) is 0 Å². The van der Waals surface area contributed by atoms with Gasteiger partial charge in [0.25, 0.3) is 0 Å². The molecule has 20 heavy (non-hydrogen) atoms. The van der Waals surface area contributed by atoms with Gasteiger partial charge in [0.15, 0.2) is 0 Å². The number of carboxylic acid groups (broad SMARTS) is 1. The van der Waals surface area contributed by atoms with Gasteiger partial charge in [-0.1, -0.05) is 12.1 Å². The van der Waals surface area contributed by atoms with Gasteiger partial charge >= 0.3 is 5.97 Å². The maximum Gasteiger partial charge on any atom is 0.308 e. The lowest BCUT2D eigenvalue weighted by molar-refractivity contribution is -0.142. The molecular formula is C15H16N2O2S. The standard InChI is InChI=1S/C15H16N2O2S/c18-15(19)10-7-9-5-6-12(10)17(9)8-14-16-11-3-1-2-4-13(11)20-14/h1-4,9-10,12H,5-8H2,(H,18,19). The smallest absolute Gasteiger partial charge is 0.308 e. The van der Waals surface area contributed by atoms with Crippen LogP contribution in [0.25, 0.3) is 10.2 Å². The Labute approximate surface area is 121 Å². The highest BCUT2D eigenvalue weighted by molar-refractivity contribution is 7.18. The number of benzene rings is 1. The highest BCUT2D eigenvalue weighted by Gasteiger charge is 2.49. The Balaban J connectivity index is 1.59. The zero-order valence-corrected chi connectivity index (χ0v) is 11.8. The van der Waals surface area contributed by atoms with E-state index in [2.05, 4.69) is 16.0 Å². The molecule has 4 nitrogen and oxygen atoms in total. The molecule has 2 bridgehead atoms. The first kappa shape index (κ1) is 12.3. The molecule has 3 atom stereocenters. The quantitative estimate of drug-likeness (QED) is 0.943. The number of fused-ring (bicyclic) bond motifs is 3. The third kappa shape index (κ3) is 1.84. The van der Waals surface area contributed by atoms with Gasteiger partial charge in [0.05, 0.1) is 22.7 Å². The molecule has 3 heterocycles. The van der Waals surface area contributed by atoms with E-state index in [1.165, 1.54) is 4.70 Å². The lowest BCUT2D eigenvalue weighted by atomic mass is 9.89. The van der Waals surface area contributed by atoms with Crippen LogP contribution in [-0.2, 0) is 11.3 Å². The van der Waals surface area contributed by atoms with Crippen molar-refractivity contribution in [3.63, 3.8) is 0 Å². The molecular weight excluding hydrogens is 272 g/mol. The van der Waals surface area contributed by atoms with Crippen molar-refractivity contribution in [1.82, 2.24) is 9.88 Å². The van der Waals surface area contributed by atoms with Crippen molar-refractivity contribution < 1.29 is 9.90 Å². The fourth-order valence-electron chi connectivity index (χ4n) is 3.76. The number of carboxylic acids is 1. The Morgan fingerprint density at radius 1 is 1.40 bits per heavy atom. The molecule has 1 aromatic heterocycles. The van der Waals surface area contributed by atoms with Gasteiger partial charge in [-0.2, -0.15) is 0 Å². The van der Waals surface area contributed by atoms with E-state index in [4.69, 9.17) is 0 Å². The Bertz CT molecular complexity index is 636. The van der Waals surface area contributed by atoms with Crippen LogP contribution in [0.1, 0.15) is 24.3 Å². The van der Waals surface area contributed by atoms with Gasteiger partial charge in [0.2, 0.25) is 0 Å². The molecule has 0 radical (unpaired) electrons. The van der Waals surface area contributed by atoms with Crippen molar-refractivity contribution in [2.75, 3.05) is 0 Å². The van der Waals surface area contributed by atoms with E-state index in [0.717, 1.165) is 36.3 Å². The van der Waals surface area contributed by atoms with Crippen molar-refractivity contribution in [2.45, 2.75) is 37.9 Å². The third-order valence-corrected chi connectivity index (χ3v) is 5.68. The lowest BCUT2D eigenvalue weighted by Gasteiger charge is -2.21. The molecule has 104 valence electrons. The van der Waals surface area contributed by atoms with E-state index in [9.17, 15) is 9.90 Å². The van der Waals surface area contributed by atoms with Gasteiger partial charge < -0.3 is 5.11 Å². The summed E-state index contributed by atoms with van der Waals surface area (Å²) in [6, 6.07) is 8.82. The number of carbonyl (C=O) groups is 1. The normalized spacial score (nSPS) is 29.3. The van der Waals surface area contributed by atoms with Gasteiger partial charge in [-0.15, -0.1) is 11.3 Å². The number of thiazole rings is 1. The number of aromatic nitrogens is 1. The summed E-state index contributed by atoms with van der Waals surface area (Å²) < 4.78 is 1.21. The van der Waals surface area contributed by atoms with Crippen LogP contribution < -0.4 is 0 Å². The molecule has 0 spiro atoms. The summed E-state index contributed by atoms with van der Waals surface area (Å²) >= 11 is 1.73. The minimum absolute atomic E-state index is 0.178. The van der Waals surface area contributed by atoms with E-state index < -0.39 is 5.97 Å².